The lowest BCUT2D eigenvalue weighted by Crippen LogP contribution is -2.70. The fraction of sp³-hybridized carbons (Fsp3) is 0.333. The molecule has 2 N–H and O–H groups in total. The lowest BCUT2D eigenvalue weighted by atomic mass is 9.40. The molecule has 3 aliphatic carbocycles. The predicted molar refractivity (Wildman–Crippen MR) is 108 cm³/mol. The van der Waals surface area contributed by atoms with Gasteiger partial charge in [0.15, 0.2) is 5.52 Å². The quantitative estimate of drug-likeness (QED) is 0.623. The Kier molecular flexibility index (Phi) is 3.77. The Morgan fingerprint density at radius 2 is 1.87 bits per heavy atom. The van der Waals surface area contributed by atoms with Crippen LogP contribution in [0, 0.1) is 41.9 Å². The van der Waals surface area contributed by atoms with Crippen LogP contribution in [0.25, 0.3) is 17.2 Å². The summed E-state index contributed by atoms with van der Waals surface area (Å²) in [4.78, 5) is 9.00. The van der Waals surface area contributed by atoms with Crippen molar-refractivity contribution in [2.75, 3.05) is 5.32 Å². The van der Waals surface area contributed by atoms with Crippen molar-refractivity contribution >= 4 is 23.2 Å². The summed E-state index contributed by atoms with van der Waals surface area (Å²) in [5.41, 5.74) is 3.32. The van der Waals surface area contributed by atoms with E-state index in [9.17, 15) is 5.26 Å². The van der Waals surface area contributed by atoms with E-state index in [1.54, 1.807) is 6.08 Å². The predicted octanol–water partition coefficient (Wildman–Crippen LogP) is 3.55. The van der Waals surface area contributed by atoms with Crippen LogP contribution in [0.1, 0.15) is 36.0 Å². The third kappa shape index (κ3) is 2.75. The van der Waals surface area contributed by atoms with Gasteiger partial charge in [0.1, 0.15) is 5.75 Å². The fourth-order valence-electron chi connectivity index (χ4n) is 4.60. The van der Waals surface area contributed by atoms with Crippen LogP contribution >= 0.6 is 0 Å². The van der Waals surface area contributed by atoms with E-state index >= 15 is 0 Å². The lowest BCUT2D eigenvalue weighted by Gasteiger charge is -2.66. The normalized spacial score (nSPS) is 24.0. The number of nitrogens with zero attached hydrogens (tertiary/aromatic N) is 6. The van der Waals surface area contributed by atoms with Crippen molar-refractivity contribution in [1.82, 2.24) is 25.4 Å². The third-order valence-electron chi connectivity index (χ3n) is 5.83. The average molecular weight is 398 g/mol. The van der Waals surface area contributed by atoms with Crippen molar-refractivity contribution in [3.05, 3.63) is 34.9 Å². The lowest BCUT2D eigenvalue weighted by molar-refractivity contribution is -0.0665. The molecule has 30 heavy (non-hydrogen) atoms. The first-order chi connectivity index (χ1) is 14.4. The summed E-state index contributed by atoms with van der Waals surface area (Å²) < 4.78 is 6.18. The molecule has 9 nitrogen and oxygen atoms in total. The van der Waals surface area contributed by atoms with E-state index in [1.807, 2.05) is 32.0 Å². The van der Waals surface area contributed by atoms with E-state index in [0.29, 0.717) is 28.7 Å². The van der Waals surface area contributed by atoms with Crippen LogP contribution < -0.4 is 10.1 Å². The van der Waals surface area contributed by atoms with Crippen LogP contribution in [-0.2, 0) is 0 Å². The van der Waals surface area contributed by atoms with Crippen molar-refractivity contribution < 1.29 is 4.74 Å². The molecule has 0 spiro atoms. The highest BCUT2D eigenvalue weighted by Gasteiger charge is 2.69. The number of aryl methyl sites for hydroxylation is 2. The zero-order valence-corrected chi connectivity index (χ0v) is 16.5. The fourth-order valence-corrected chi connectivity index (χ4v) is 4.60. The molecule has 0 radical (unpaired) electrons. The molecule has 0 amide bonds. The second-order valence-corrected chi connectivity index (χ2v) is 8.22. The second kappa shape index (κ2) is 6.26. The molecule has 3 aliphatic rings. The number of fused-ring (bicyclic) bond motifs is 1. The first-order valence-electron chi connectivity index (χ1n) is 9.58. The molecular weight excluding hydrogens is 380 g/mol. The number of nitrogens with one attached hydrogen (secondary N) is 2. The van der Waals surface area contributed by atoms with Crippen LogP contribution in [-0.4, -0.2) is 30.9 Å². The monoisotopic (exact) mass is 398 g/mol. The molecule has 6 rings (SSSR count). The zero-order valence-electron chi connectivity index (χ0n) is 16.5. The van der Waals surface area contributed by atoms with Gasteiger partial charge in [0.25, 0.3) is 5.88 Å². The second-order valence-electron chi connectivity index (χ2n) is 8.22. The molecule has 0 saturated heterocycles. The number of H-pyrrole nitrogens is 1. The van der Waals surface area contributed by atoms with Gasteiger partial charge in [0, 0.05) is 11.6 Å². The molecule has 3 saturated carbocycles. The zero-order chi connectivity index (χ0) is 20.9. The molecule has 9 heteroatoms. The Bertz CT molecular complexity index is 1250. The standard InChI is InChI=1S/C21H18N8O/c1-12-6-14(4-3-5-22)7-13(2)16(12)30-18-15-17(28-29-27-15)24-19(25-18)26-21-8-20(9-21,10-21)11-23/h3-4,6-7H,8-10H2,1-2H3,(H2,24,25,26,27,28,29). The number of hydrogen-bond donors (Lipinski definition) is 2. The van der Waals surface area contributed by atoms with Gasteiger partial charge in [-0.3, -0.25) is 0 Å². The molecule has 3 aromatic rings. The molecule has 2 heterocycles. The highest BCUT2D eigenvalue weighted by molar-refractivity contribution is 5.77. The molecule has 148 valence electrons. The van der Waals surface area contributed by atoms with E-state index in [2.05, 4.69) is 36.8 Å². The summed E-state index contributed by atoms with van der Waals surface area (Å²) in [6, 6.07) is 8.28. The molecular formula is C21H18N8O. The van der Waals surface area contributed by atoms with Crippen LogP contribution in [0.3, 0.4) is 0 Å². The topological polar surface area (TPSA) is 136 Å². The smallest absolute Gasteiger partial charge is 0.254 e. The highest BCUT2D eigenvalue weighted by atomic mass is 16.5. The SMILES string of the molecule is Cc1cc(C=CC#N)cc(C)c1Oc1nc(NC23CC(C#N)(C2)C3)nc2n[nH]nc12. The maximum absolute atomic E-state index is 9.23. The van der Waals surface area contributed by atoms with E-state index < -0.39 is 0 Å². The Morgan fingerprint density at radius 1 is 1.13 bits per heavy atom. The number of allylic oxidation sites excluding steroid dienone is 1. The van der Waals surface area contributed by atoms with Crippen molar-refractivity contribution in [2.45, 2.75) is 38.6 Å². The maximum atomic E-state index is 9.23. The van der Waals surface area contributed by atoms with Gasteiger partial charge in [-0.2, -0.15) is 25.7 Å². The molecule has 2 bridgehead atoms. The van der Waals surface area contributed by atoms with Gasteiger partial charge in [0.2, 0.25) is 11.6 Å². The van der Waals surface area contributed by atoms with Crippen LogP contribution in [0.5, 0.6) is 11.6 Å². The van der Waals surface area contributed by atoms with Gasteiger partial charge in [-0.15, -0.1) is 10.2 Å². The number of rotatable bonds is 5. The molecule has 2 aromatic heterocycles. The van der Waals surface area contributed by atoms with Gasteiger partial charge < -0.3 is 10.1 Å². The number of hydrogen-bond acceptors (Lipinski definition) is 8. The van der Waals surface area contributed by atoms with Gasteiger partial charge in [-0.1, -0.05) is 0 Å². The summed E-state index contributed by atoms with van der Waals surface area (Å²) in [5.74, 6) is 1.40. The number of nitriles is 2. The minimum atomic E-state index is -0.166. The Balaban J connectivity index is 1.46. The molecule has 0 aliphatic heterocycles. The van der Waals surface area contributed by atoms with Crippen molar-refractivity contribution in [3.63, 3.8) is 0 Å². The third-order valence-corrected chi connectivity index (χ3v) is 5.83. The van der Waals surface area contributed by atoms with Crippen molar-refractivity contribution in [3.8, 4) is 23.8 Å². The van der Waals surface area contributed by atoms with Gasteiger partial charge in [-0.05, 0) is 68.0 Å². The van der Waals surface area contributed by atoms with E-state index in [4.69, 9.17) is 10.00 Å². The summed E-state index contributed by atoms with van der Waals surface area (Å²) in [7, 11) is 0. The minimum Gasteiger partial charge on any atom is -0.436 e. The van der Waals surface area contributed by atoms with Gasteiger partial charge in [0.05, 0.1) is 17.6 Å². The Hall–Kier alpha value is -3.98. The molecule has 3 fully saturated rings. The van der Waals surface area contributed by atoms with Gasteiger partial charge >= 0.3 is 0 Å². The number of aromatic amines is 1. The number of benzene rings is 1. The summed E-state index contributed by atoms with van der Waals surface area (Å²) >= 11 is 0. The van der Waals surface area contributed by atoms with Crippen LogP contribution in [0.15, 0.2) is 18.2 Å². The van der Waals surface area contributed by atoms with Crippen LogP contribution in [0.2, 0.25) is 0 Å². The van der Waals surface area contributed by atoms with E-state index in [1.165, 1.54) is 6.08 Å². The average Bonchev–Trinajstić information content (AvgIpc) is 3.13. The molecule has 1 aromatic carbocycles. The molecule has 0 atom stereocenters. The summed E-state index contributed by atoms with van der Waals surface area (Å²) in [6.45, 7) is 3.88. The van der Waals surface area contributed by atoms with Crippen molar-refractivity contribution in [2.24, 2.45) is 5.41 Å². The Morgan fingerprint density at radius 3 is 2.53 bits per heavy atom. The Labute approximate surface area is 172 Å². The van der Waals surface area contributed by atoms with E-state index in [-0.39, 0.29) is 11.0 Å². The number of anilines is 1. The number of aromatic nitrogens is 5. The number of ether oxygens (including phenoxy) is 1. The first kappa shape index (κ1) is 18.1. The van der Waals surface area contributed by atoms with Crippen molar-refractivity contribution in [1.29, 1.82) is 10.5 Å². The minimum absolute atomic E-state index is 0.106. The molecule has 0 unspecified atom stereocenters. The summed E-state index contributed by atoms with van der Waals surface area (Å²) in [6.07, 6.45) is 5.62. The van der Waals surface area contributed by atoms with E-state index in [0.717, 1.165) is 36.0 Å². The highest BCUT2D eigenvalue weighted by Crippen LogP contribution is 2.67. The first-order valence-corrected chi connectivity index (χ1v) is 9.58. The van der Waals surface area contributed by atoms with Crippen LogP contribution in [0.4, 0.5) is 5.95 Å². The largest absolute Gasteiger partial charge is 0.436 e. The van der Waals surface area contributed by atoms with Gasteiger partial charge in [-0.25, -0.2) is 0 Å². The maximum Gasteiger partial charge on any atom is 0.254 e. The summed E-state index contributed by atoms with van der Waals surface area (Å²) in [5, 5.41) is 32.2.